The number of aryl methyl sites for hydroxylation is 2. The molecule has 0 spiro atoms. The molecule has 0 amide bonds. The molecular weight excluding hydrogens is 268 g/mol. The van der Waals surface area contributed by atoms with Gasteiger partial charge >= 0.3 is 0 Å². The maximum Gasteiger partial charge on any atom is 0.213 e. The van der Waals surface area contributed by atoms with Gasteiger partial charge in [-0.05, 0) is 36.8 Å². The first-order valence-electron chi connectivity index (χ1n) is 4.88. The van der Waals surface area contributed by atoms with Crippen molar-refractivity contribution >= 4 is 21.7 Å². The summed E-state index contributed by atoms with van der Waals surface area (Å²) >= 11 is 3.41. The molecule has 3 nitrogen and oxygen atoms in total. The fourth-order valence-corrected chi connectivity index (χ4v) is 1.72. The van der Waals surface area contributed by atoms with Crippen LogP contribution in [0.5, 0.6) is 0 Å². The van der Waals surface area contributed by atoms with Crippen LogP contribution in [0.25, 0.3) is 0 Å². The van der Waals surface area contributed by atoms with Crippen molar-refractivity contribution in [3.8, 4) is 0 Å². The Morgan fingerprint density at radius 3 is 2.69 bits per heavy atom. The van der Waals surface area contributed by atoms with E-state index < -0.39 is 0 Å². The molecule has 16 heavy (non-hydrogen) atoms. The quantitative estimate of drug-likeness (QED) is 0.792. The zero-order valence-corrected chi connectivity index (χ0v) is 10.7. The Hall–Kier alpha value is -1.42. The summed E-state index contributed by atoms with van der Waals surface area (Å²) in [5.74, 6) is -0.0452. The van der Waals surface area contributed by atoms with Crippen molar-refractivity contribution in [3.63, 3.8) is 0 Å². The molecule has 0 aliphatic carbocycles. The number of halogens is 1. The average Bonchev–Trinajstić information content (AvgIpc) is 2.68. The van der Waals surface area contributed by atoms with Gasteiger partial charge in [0, 0.05) is 23.3 Å². The van der Waals surface area contributed by atoms with Gasteiger partial charge in [-0.1, -0.05) is 15.9 Å². The van der Waals surface area contributed by atoms with E-state index >= 15 is 0 Å². The van der Waals surface area contributed by atoms with Crippen molar-refractivity contribution in [1.82, 2.24) is 9.78 Å². The van der Waals surface area contributed by atoms with E-state index in [-0.39, 0.29) is 5.78 Å². The van der Waals surface area contributed by atoms with Crippen LogP contribution >= 0.6 is 15.9 Å². The Bertz CT molecular complexity index is 546. The lowest BCUT2D eigenvalue weighted by Crippen LogP contribution is -2.03. The van der Waals surface area contributed by atoms with Crippen molar-refractivity contribution < 1.29 is 4.79 Å². The lowest BCUT2D eigenvalue weighted by molar-refractivity contribution is 0.103. The maximum atomic E-state index is 12.0. The highest BCUT2D eigenvalue weighted by atomic mass is 79.9. The average molecular weight is 279 g/mol. The molecule has 0 aliphatic rings. The standard InChI is InChI=1S/C12H11BrN2O/c1-8-7-9(3-4-10(8)13)12(16)11-5-6-15(2)14-11/h3-7H,1-2H3. The Balaban J connectivity index is 2.38. The van der Waals surface area contributed by atoms with Crippen molar-refractivity contribution in [2.45, 2.75) is 6.92 Å². The molecule has 1 heterocycles. The summed E-state index contributed by atoms with van der Waals surface area (Å²) in [7, 11) is 1.80. The fourth-order valence-electron chi connectivity index (χ4n) is 1.47. The van der Waals surface area contributed by atoms with Crippen LogP contribution in [0.15, 0.2) is 34.9 Å². The molecule has 1 aromatic carbocycles. The topological polar surface area (TPSA) is 34.9 Å². The van der Waals surface area contributed by atoms with E-state index in [4.69, 9.17) is 0 Å². The number of nitrogens with zero attached hydrogens (tertiary/aromatic N) is 2. The van der Waals surface area contributed by atoms with Crippen LogP contribution in [-0.4, -0.2) is 15.6 Å². The normalized spacial score (nSPS) is 10.4. The molecule has 1 aromatic heterocycles. The molecular formula is C12H11BrN2O. The minimum Gasteiger partial charge on any atom is -0.287 e. The first kappa shape index (κ1) is 11.1. The van der Waals surface area contributed by atoms with E-state index in [2.05, 4.69) is 21.0 Å². The van der Waals surface area contributed by atoms with Crippen LogP contribution in [-0.2, 0) is 7.05 Å². The third-order valence-electron chi connectivity index (χ3n) is 2.37. The molecule has 4 heteroatoms. The summed E-state index contributed by atoms with van der Waals surface area (Å²) < 4.78 is 2.63. The zero-order valence-electron chi connectivity index (χ0n) is 9.07. The molecule has 0 atom stereocenters. The largest absolute Gasteiger partial charge is 0.287 e. The summed E-state index contributed by atoms with van der Waals surface area (Å²) in [6.07, 6.45) is 1.76. The lowest BCUT2D eigenvalue weighted by atomic mass is 10.1. The summed E-state index contributed by atoms with van der Waals surface area (Å²) in [5.41, 5.74) is 2.19. The number of hydrogen-bond acceptors (Lipinski definition) is 2. The van der Waals surface area contributed by atoms with Gasteiger partial charge in [0.1, 0.15) is 5.69 Å². The number of aromatic nitrogens is 2. The third-order valence-corrected chi connectivity index (χ3v) is 3.26. The Morgan fingerprint density at radius 2 is 2.12 bits per heavy atom. The molecule has 2 aromatic rings. The van der Waals surface area contributed by atoms with Crippen LogP contribution in [0.2, 0.25) is 0 Å². The number of benzene rings is 1. The first-order valence-corrected chi connectivity index (χ1v) is 5.68. The van der Waals surface area contributed by atoms with Gasteiger partial charge in [0.2, 0.25) is 5.78 Å². The number of ketones is 1. The van der Waals surface area contributed by atoms with E-state index in [0.717, 1.165) is 10.0 Å². The second kappa shape index (κ2) is 4.22. The fraction of sp³-hybridized carbons (Fsp3) is 0.167. The monoisotopic (exact) mass is 278 g/mol. The third kappa shape index (κ3) is 2.07. The Morgan fingerprint density at radius 1 is 1.38 bits per heavy atom. The van der Waals surface area contributed by atoms with E-state index in [9.17, 15) is 4.79 Å². The minimum absolute atomic E-state index is 0.0452. The molecule has 82 valence electrons. The SMILES string of the molecule is Cc1cc(C(=O)c2ccn(C)n2)ccc1Br. The number of rotatable bonds is 2. The van der Waals surface area contributed by atoms with Gasteiger partial charge in [-0.3, -0.25) is 9.48 Å². The van der Waals surface area contributed by atoms with Gasteiger partial charge in [0.25, 0.3) is 0 Å². The summed E-state index contributed by atoms with van der Waals surface area (Å²) in [4.78, 5) is 12.0. The smallest absolute Gasteiger partial charge is 0.213 e. The van der Waals surface area contributed by atoms with Crippen LogP contribution in [0.1, 0.15) is 21.6 Å². The van der Waals surface area contributed by atoms with Crippen molar-refractivity contribution in [2.75, 3.05) is 0 Å². The summed E-state index contributed by atoms with van der Waals surface area (Å²) in [6.45, 7) is 1.96. The number of hydrogen-bond donors (Lipinski definition) is 0. The number of carbonyl (C=O) groups excluding carboxylic acids is 1. The molecule has 2 rings (SSSR count). The highest BCUT2D eigenvalue weighted by Gasteiger charge is 2.12. The molecule has 0 aliphatic heterocycles. The molecule has 0 bridgehead atoms. The van der Waals surface area contributed by atoms with E-state index in [0.29, 0.717) is 11.3 Å². The van der Waals surface area contributed by atoms with Gasteiger partial charge in [-0.15, -0.1) is 0 Å². The second-order valence-electron chi connectivity index (χ2n) is 3.67. The van der Waals surface area contributed by atoms with Gasteiger partial charge in [0.15, 0.2) is 0 Å². The van der Waals surface area contributed by atoms with Gasteiger partial charge in [-0.25, -0.2) is 0 Å². The highest BCUT2D eigenvalue weighted by Crippen LogP contribution is 2.18. The summed E-state index contributed by atoms with van der Waals surface area (Å²) in [6, 6.07) is 7.26. The first-order chi connectivity index (χ1) is 7.58. The zero-order chi connectivity index (χ0) is 11.7. The van der Waals surface area contributed by atoms with E-state index in [1.54, 1.807) is 30.1 Å². The highest BCUT2D eigenvalue weighted by molar-refractivity contribution is 9.10. The predicted octanol–water partition coefficient (Wildman–Crippen LogP) is 2.72. The number of carbonyl (C=O) groups is 1. The Kier molecular flexibility index (Phi) is 2.92. The van der Waals surface area contributed by atoms with Crippen molar-refractivity contribution in [3.05, 3.63) is 51.8 Å². The predicted molar refractivity (Wildman–Crippen MR) is 65.5 cm³/mol. The van der Waals surface area contributed by atoms with E-state index in [1.165, 1.54) is 0 Å². The second-order valence-corrected chi connectivity index (χ2v) is 4.52. The van der Waals surface area contributed by atoms with E-state index in [1.807, 2.05) is 19.1 Å². The molecule has 0 radical (unpaired) electrons. The molecule has 0 unspecified atom stereocenters. The minimum atomic E-state index is -0.0452. The van der Waals surface area contributed by atoms with Crippen LogP contribution < -0.4 is 0 Å². The molecule has 0 N–H and O–H groups in total. The van der Waals surface area contributed by atoms with Crippen LogP contribution in [0.4, 0.5) is 0 Å². The maximum absolute atomic E-state index is 12.0. The van der Waals surface area contributed by atoms with Crippen molar-refractivity contribution in [1.29, 1.82) is 0 Å². The Labute approximate surface area is 102 Å². The molecule has 0 saturated carbocycles. The van der Waals surface area contributed by atoms with Gasteiger partial charge in [-0.2, -0.15) is 5.10 Å². The molecule has 0 fully saturated rings. The van der Waals surface area contributed by atoms with Gasteiger partial charge < -0.3 is 0 Å². The van der Waals surface area contributed by atoms with Crippen molar-refractivity contribution in [2.24, 2.45) is 7.05 Å². The summed E-state index contributed by atoms with van der Waals surface area (Å²) in [5, 5.41) is 4.09. The molecule has 0 saturated heterocycles. The van der Waals surface area contributed by atoms with Crippen LogP contribution in [0, 0.1) is 6.92 Å². The lowest BCUT2D eigenvalue weighted by Gasteiger charge is -2.01. The van der Waals surface area contributed by atoms with Crippen LogP contribution in [0.3, 0.4) is 0 Å². The van der Waals surface area contributed by atoms with Gasteiger partial charge in [0.05, 0.1) is 0 Å².